The molecule has 8 nitrogen and oxygen atoms in total. The maximum atomic E-state index is 12.9. The summed E-state index contributed by atoms with van der Waals surface area (Å²) in [5.74, 6) is -1.77. The van der Waals surface area contributed by atoms with Gasteiger partial charge in [-0.2, -0.15) is 13.2 Å². The molecule has 0 aliphatic carbocycles. The van der Waals surface area contributed by atoms with E-state index in [1.54, 1.807) is 24.0 Å². The molecule has 1 aliphatic rings. The fourth-order valence-corrected chi connectivity index (χ4v) is 3.25. The summed E-state index contributed by atoms with van der Waals surface area (Å²) in [4.78, 5) is 19.9. The zero-order chi connectivity index (χ0) is 24.9. The third kappa shape index (κ3) is 7.18. The van der Waals surface area contributed by atoms with Gasteiger partial charge in [-0.05, 0) is 19.1 Å². The van der Waals surface area contributed by atoms with Gasteiger partial charge in [-0.1, -0.05) is 6.07 Å². The number of nitrogens with zero attached hydrogens (tertiary/aromatic N) is 3. The quantitative estimate of drug-likeness (QED) is 0.562. The van der Waals surface area contributed by atoms with E-state index in [-0.39, 0.29) is 37.8 Å². The number of carbonyl (C=O) groups excluding carboxylic acids is 1. The molecule has 2 aromatic rings. The summed E-state index contributed by atoms with van der Waals surface area (Å²) in [5, 5.41) is 2.49. The number of ether oxygens (including phenoxy) is 3. The van der Waals surface area contributed by atoms with Crippen LogP contribution in [0.5, 0.6) is 11.5 Å². The van der Waals surface area contributed by atoms with Crippen molar-refractivity contribution in [3.05, 3.63) is 42.5 Å². The normalized spacial score (nSPS) is 18.7. The summed E-state index contributed by atoms with van der Waals surface area (Å²) in [7, 11) is 0. The topological polar surface area (TPSA) is 85.8 Å². The van der Waals surface area contributed by atoms with Crippen LogP contribution in [0.1, 0.15) is 12.7 Å². The molecular weight excluding hydrogens is 474 g/mol. The summed E-state index contributed by atoms with van der Waals surface area (Å²) in [6.45, 7) is 1.46. The van der Waals surface area contributed by atoms with Gasteiger partial charge in [-0.15, -0.1) is 13.2 Å². The Kier molecular flexibility index (Phi) is 7.82. The first-order valence-electron chi connectivity index (χ1n) is 9.98. The predicted octanol–water partition coefficient (Wildman–Crippen LogP) is 3.53. The van der Waals surface area contributed by atoms with Crippen LogP contribution in [0.15, 0.2) is 36.7 Å². The minimum atomic E-state index is -4.91. The maximum absolute atomic E-state index is 12.9. The van der Waals surface area contributed by atoms with Crippen molar-refractivity contribution in [1.82, 2.24) is 15.3 Å². The summed E-state index contributed by atoms with van der Waals surface area (Å²) in [5.41, 5.74) is 0.447. The molecular formula is C20H20F6N4O4. The molecule has 186 valence electrons. The van der Waals surface area contributed by atoms with Gasteiger partial charge in [0.25, 0.3) is 0 Å². The number of rotatable bonds is 8. The number of alkyl halides is 6. The highest BCUT2D eigenvalue weighted by molar-refractivity contribution is 5.77. The third-order valence-electron chi connectivity index (χ3n) is 4.64. The van der Waals surface area contributed by atoms with Crippen molar-refractivity contribution in [2.75, 3.05) is 31.2 Å². The van der Waals surface area contributed by atoms with Gasteiger partial charge in [0.1, 0.15) is 18.5 Å². The molecule has 1 amide bonds. The Morgan fingerprint density at radius 2 is 1.82 bits per heavy atom. The van der Waals surface area contributed by atoms with E-state index >= 15 is 0 Å². The number of hydrogen-bond acceptors (Lipinski definition) is 7. The van der Waals surface area contributed by atoms with Crippen molar-refractivity contribution in [1.29, 1.82) is 0 Å². The first kappa shape index (κ1) is 25.5. The van der Waals surface area contributed by atoms with E-state index < -0.39 is 36.4 Å². The molecule has 2 atom stereocenters. The number of hydrogen-bond donors (Lipinski definition) is 1. The summed E-state index contributed by atoms with van der Waals surface area (Å²) in [6, 6.07) is 5.17. The predicted molar refractivity (Wildman–Crippen MR) is 105 cm³/mol. The van der Waals surface area contributed by atoms with Crippen molar-refractivity contribution < 1.29 is 45.3 Å². The van der Waals surface area contributed by atoms with Gasteiger partial charge >= 0.3 is 12.5 Å². The molecule has 3 rings (SSSR count). The molecule has 1 fully saturated rings. The van der Waals surface area contributed by atoms with E-state index in [1.807, 2.05) is 0 Å². The van der Waals surface area contributed by atoms with Gasteiger partial charge in [-0.25, -0.2) is 9.97 Å². The molecule has 1 aliphatic heterocycles. The van der Waals surface area contributed by atoms with Gasteiger partial charge in [0.2, 0.25) is 11.7 Å². The molecule has 0 radical (unpaired) electrons. The van der Waals surface area contributed by atoms with Gasteiger partial charge in [0.05, 0.1) is 18.4 Å². The van der Waals surface area contributed by atoms with E-state index in [4.69, 9.17) is 9.47 Å². The van der Waals surface area contributed by atoms with E-state index in [0.29, 0.717) is 5.69 Å². The minimum absolute atomic E-state index is 0.00541. The first-order chi connectivity index (χ1) is 15.9. The van der Waals surface area contributed by atoms with Gasteiger partial charge < -0.3 is 19.7 Å². The van der Waals surface area contributed by atoms with E-state index in [0.717, 1.165) is 12.4 Å². The highest BCUT2D eigenvalue weighted by atomic mass is 19.4. The second kappa shape index (κ2) is 10.4. The molecule has 0 saturated carbocycles. The zero-order valence-electron chi connectivity index (χ0n) is 17.7. The van der Waals surface area contributed by atoms with Crippen LogP contribution in [0.4, 0.5) is 32.0 Å². The second-order valence-corrected chi connectivity index (χ2v) is 7.16. The van der Waals surface area contributed by atoms with Crippen LogP contribution in [-0.4, -0.2) is 60.7 Å². The van der Waals surface area contributed by atoms with Crippen molar-refractivity contribution in [2.24, 2.45) is 0 Å². The minimum Gasteiger partial charge on any atom is -0.454 e. The summed E-state index contributed by atoms with van der Waals surface area (Å²) < 4.78 is 91.1. The Hall–Kier alpha value is -3.13. The third-order valence-corrected chi connectivity index (χ3v) is 4.64. The van der Waals surface area contributed by atoms with Crippen LogP contribution < -0.4 is 15.0 Å². The molecule has 2 heterocycles. The fraction of sp³-hybridized carbons (Fsp3) is 0.450. The molecule has 0 bridgehead atoms. The van der Waals surface area contributed by atoms with Crippen molar-refractivity contribution in [3.8, 4) is 11.5 Å². The molecule has 34 heavy (non-hydrogen) atoms. The number of anilines is 1. The van der Waals surface area contributed by atoms with Gasteiger partial charge in [-0.3, -0.25) is 9.53 Å². The smallest absolute Gasteiger partial charge is 0.454 e. The molecule has 1 N–H and O–H groups in total. The lowest BCUT2D eigenvalue weighted by atomic mass is 10.2. The zero-order valence-corrected chi connectivity index (χ0v) is 17.7. The number of halogens is 6. The Labute approximate surface area is 189 Å². The van der Waals surface area contributed by atoms with Gasteiger partial charge in [0.15, 0.2) is 5.75 Å². The number of benzene rings is 1. The highest BCUT2D eigenvalue weighted by Crippen LogP contribution is 2.31. The largest absolute Gasteiger partial charge is 0.522 e. The number of amides is 1. The number of nitrogens with one attached hydrogen (secondary N) is 1. The summed E-state index contributed by atoms with van der Waals surface area (Å²) >= 11 is 0. The van der Waals surface area contributed by atoms with Gasteiger partial charge in [0, 0.05) is 31.5 Å². The van der Waals surface area contributed by atoms with Crippen LogP contribution in [0.3, 0.4) is 0 Å². The monoisotopic (exact) mass is 494 g/mol. The molecule has 0 unspecified atom stereocenters. The standard InChI is InChI=1S/C20H20F6N4O4/c1-2-32-11-17(31)29-15-9-30(10-16(15)34-20(24,25)26)12-4-3-5-13(6-12)33-14-7-27-18(28-8-14)19(21,22)23/h3-8,15-16H,2,9-11H2,1H3,(H,29,31)/t15-,16+/m0/s1. The lowest BCUT2D eigenvalue weighted by Crippen LogP contribution is -2.46. The SMILES string of the molecule is CCOCC(=O)N[C@H]1CN(c2cccc(Oc3cnc(C(F)(F)F)nc3)c2)C[C@H]1OC(F)(F)F. The summed E-state index contributed by atoms with van der Waals surface area (Å²) in [6.07, 6.45) is -9.27. The van der Waals surface area contributed by atoms with Crippen molar-refractivity contribution in [2.45, 2.75) is 31.6 Å². The van der Waals surface area contributed by atoms with E-state index in [2.05, 4.69) is 20.0 Å². The van der Waals surface area contributed by atoms with Crippen LogP contribution in [0.2, 0.25) is 0 Å². The number of carbonyl (C=O) groups is 1. The Morgan fingerprint density at radius 1 is 1.12 bits per heavy atom. The maximum Gasteiger partial charge on any atom is 0.522 e. The van der Waals surface area contributed by atoms with Crippen LogP contribution in [0.25, 0.3) is 0 Å². The molecule has 1 aromatic carbocycles. The average Bonchev–Trinajstić information content (AvgIpc) is 3.12. The Balaban J connectivity index is 1.72. The van der Waals surface area contributed by atoms with Crippen LogP contribution in [-0.2, 0) is 20.4 Å². The Bertz CT molecular complexity index is 971. The van der Waals surface area contributed by atoms with E-state index in [1.165, 1.54) is 12.1 Å². The molecule has 1 aromatic heterocycles. The molecule has 14 heteroatoms. The number of aromatic nitrogens is 2. The van der Waals surface area contributed by atoms with Crippen LogP contribution >= 0.6 is 0 Å². The average molecular weight is 494 g/mol. The lowest BCUT2D eigenvalue weighted by molar-refractivity contribution is -0.341. The van der Waals surface area contributed by atoms with E-state index in [9.17, 15) is 31.1 Å². The lowest BCUT2D eigenvalue weighted by Gasteiger charge is -2.20. The molecule has 0 spiro atoms. The first-order valence-corrected chi connectivity index (χ1v) is 9.98. The molecule has 1 saturated heterocycles. The highest BCUT2D eigenvalue weighted by Gasteiger charge is 2.43. The van der Waals surface area contributed by atoms with Crippen molar-refractivity contribution in [3.63, 3.8) is 0 Å². The van der Waals surface area contributed by atoms with Crippen LogP contribution in [0, 0.1) is 0 Å². The Morgan fingerprint density at radius 3 is 2.44 bits per heavy atom. The second-order valence-electron chi connectivity index (χ2n) is 7.16. The fourth-order valence-electron chi connectivity index (χ4n) is 3.25. The van der Waals surface area contributed by atoms with Crippen molar-refractivity contribution >= 4 is 11.6 Å².